The quantitative estimate of drug-likeness (QED) is 0.347. The minimum absolute atomic E-state index is 0.00450. The standard InChI is InChI=1S/C30H37N3O8S2/c1-20-6-11-26(12-7-20)43(38,39)32(4)18-29-21(2)17-33(22(3)19-34)30(35)27-16-23(8-15-28(27)41-29)31-42(36,37)25-13-9-24(40-5)10-14-25/h6-16,21-22,29,31,34H,17-19H2,1-5H3/t21-,22-,29+/m1/s1. The molecule has 0 aliphatic carbocycles. The van der Waals surface area contributed by atoms with Gasteiger partial charge in [0.25, 0.3) is 15.9 Å². The molecule has 13 heteroatoms. The number of aliphatic hydroxyl groups is 1. The SMILES string of the molecule is COc1ccc(S(=O)(=O)Nc2ccc3c(c2)C(=O)N([C@H](C)CO)C[C@@H](C)[C@H](CN(C)S(=O)(=O)c2ccc(C)cc2)O3)cc1. The van der Waals surface area contributed by atoms with Gasteiger partial charge in [-0.3, -0.25) is 9.52 Å². The van der Waals surface area contributed by atoms with E-state index in [1.54, 1.807) is 31.2 Å². The molecule has 2 N–H and O–H groups in total. The van der Waals surface area contributed by atoms with Crippen LogP contribution in [0.3, 0.4) is 0 Å². The minimum Gasteiger partial charge on any atom is -0.497 e. The van der Waals surface area contributed by atoms with Gasteiger partial charge in [-0.05, 0) is 68.4 Å². The fraction of sp³-hybridized carbons (Fsp3) is 0.367. The number of ether oxygens (including phenoxy) is 2. The van der Waals surface area contributed by atoms with E-state index in [-0.39, 0.29) is 52.4 Å². The number of hydrogen-bond acceptors (Lipinski definition) is 8. The van der Waals surface area contributed by atoms with Crippen LogP contribution < -0.4 is 14.2 Å². The summed E-state index contributed by atoms with van der Waals surface area (Å²) in [5.41, 5.74) is 1.15. The largest absolute Gasteiger partial charge is 0.497 e. The number of aliphatic hydroxyl groups excluding tert-OH is 1. The number of sulfonamides is 2. The van der Waals surface area contributed by atoms with Crippen LogP contribution in [0, 0.1) is 12.8 Å². The second kappa shape index (κ2) is 12.9. The second-order valence-corrected chi connectivity index (χ2v) is 14.4. The number of fused-ring (bicyclic) bond motifs is 1. The predicted molar refractivity (Wildman–Crippen MR) is 162 cm³/mol. The van der Waals surface area contributed by atoms with Crippen LogP contribution in [0.4, 0.5) is 5.69 Å². The van der Waals surface area contributed by atoms with Gasteiger partial charge in [-0.15, -0.1) is 0 Å². The maximum Gasteiger partial charge on any atom is 0.261 e. The molecule has 43 heavy (non-hydrogen) atoms. The summed E-state index contributed by atoms with van der Waals surface area (Å²) in [6.07, 6.45) is -0.674. The first-order chi connectivity index (χ1) is 20.3. The maximum atomic E-state index is 13.7. The second-order valence-electron chi connectivity index (χ2n) is 10.7. The third kappa shape index (κ3) is 7.12. The summed E-state index contributed by atoms with van der Waals surface area (Å²) in [7, 11) is -4.88. The van der Waals surface area contributed by atoms with E-state index in [1.807, 2.05) is 13.8 Å². The number of benzene rings is 3. The molecule has 3 aromatic carbocycles. The minimum atomic E-state index is -4.00. The van der Waals surface area contributed by atoms with Gasteiger partial charge < -0.3 is 19.5 Å². The van der Waals surface area contributed by atoms with Gasteiger partial charge in [0.15, 0.2) is 0 Å². The van der Waals surface area contributed by atoms with Crippen molar-refractivity contribution >= 4 is 31.6 Å². The summed E-state index contributed by atoms with van der Waals surface area (Å²) in [5, 5.41) is 9.92. The Kier molecular flexibility index (Phi) is 9.70. The van der Waals surface area contributed by atoms with Crippen LogP contribution in [0.1, 0.15) is 29.8 Å². The van der Waals surface area contributed by atoms with Crippen LogP contribution in [0.2, 0.25) is 0 Å². The molecule has 0 bridgehead atoms. The molecule has 3 atom stereocenters. The van der Waals surface area contributed by atoms with E-state index in [2.05, 4.69) is 4.72 Å². The summed E-state index contributed by atoms with van der Waals surface area (Å²) in [6, 6.07) is 16.2. The first-order valence-electron chi connectivity index (χ1n) is 13.7. The van der Waals surface area contributed by atoms with Crippen molar-refractivity contribution in [1.82, 2.24) is 9.21 Å². The Balaban J connectivity index is 1.67. The lowest BCUT2D eigenvalue weighted by Crippen LogP contribution is -2.50. The third-order valence-electron chi connectivity index (χ3n) is 7.45. The predicted octanol–water partition coefficient (Wildman–Crippen LogP) is 3.35. The molecule has 1 heterocycles. The Morgan fingerprint density at radius 3 is 2.28 bits per heavy atom. The van der Waals surface area contributed by atoms with Gasteiger partial charge in [0.05, 0.1) is 41.7 Å². The van der Waals surface area contributed by atoms with Crippen molar-refractivity contribution in [3.63, 3.8) is 0 Å². The molecular weight excluding hydrogens is 594 g/mol. The number of aryl methyl sites for hydroxylation is 1. The average molecular weight is 632 g/mol. The average Bonchev–Trinajstić information content (AvgIpc) is 2.98. The number of nitrogens with zero attached hydrogens (tertiary/aromatic N) is 2. The molecular formula is C30H37N3O8S2. The monoisotopic (exact) mass is 631 g/mol. The molecule has 11 nitrogen and oxygen atoms in total. The van der Waals surface area contributed by atoms with E-state index in [1.165, 1.54) is 65.8 Å². The van der Waals surface area contributed by atoms with E-state index in [0.29, 0.717) is 5.75 Å². The third-order valence-corrected chi connectivity index (χ3v) is 10.7. The smallest absolute Gasteiger partial charge is 0.261 e. The number of amides is 1. The number of likely N-dealkylation sites (N-methyl/N-ethyl adjacent to an activating group) is 1. The molecule has 1 amide bonds. The Morgan fingerprint density at radius 1 is 1.05 bits per heavy atom. The van der Waals surface area contributed by atoms with Gasteiger partial charge in [-0.2, -0.15) is 4.31 Å². The number of hydrogen-bond donors (Lipinski definition) is 2. The number of carbonyl (C=O) groups is 1. The van der Waals surface area contributed by atoms with Gasteiger partial charge >= 0.3 is 0 Å². The van der Waals surface area contributed by atoms with Gasteiger partial charge in [0, 0.05) is 25.2 Å². The van der Waals surface area contributed by atoms with Gasteiger partial charge in [-0.25, -0.2) is 16.8 Å². The van der Waals surface area contributed by atoms with E-state index in [0.717, 1.165) is 5.56 Å². The lowest BCUT2D eigenvalue weighted by molar-refractivity contribution is 0.0387. The van der Waals surface area contributed by atoms with Crippen molar-refractivity contribution in [2.45, 2.75) is 42.7 Å². The highest BCUT2D eigenvalue weighted by molar-refractivity contribution is 7.92. The molecule has 0 fully saturated rings. The summed E-state index contributed by atoms with van der Waals surface area (Å²) >= 11 is 0. The number of rotatable bonds is 10. The zero-order valence-electron chi connectivity index (χ0n) is 24.7. The Labute approximate surface area is 253 Å². The molecule has 0 saturated heterocycles. The van der Waals surface area contributed by atoms with Crippen LogP contribution in [-0.2, 0) is 20.0 Å². The molecule has 1 aliphatic rings. The Morgan fingerprint density at radius 2 is 1.67 bits per heavy atom. The van der Waals surface area contributed by atoms with Crippen molar-refractivity contribution in [2.24, 2.45) is 5.92 Å². The molecule has 232 valence electrons. The fourth-order valence-corrected chi connectivity index (χ4v) is 6.95. The zero-order valence-corrected chi connectivity index (χ0v) is 26.4. The molecule has 0 unspecified atom stereocenters. The summed E-state index contributed by atoms with van der Waals surface area (Å²) < 4.78 is 67.9. The molecule has 0 spiro atoms. The van der Waals surface area contributed by atoms with Gasteiger partial charge in [0.1, 0.15) is 17.6 Å². The molecule has 0 aromatic heterocycles. The lowest BCUT2D eigenvalue weighted by Gasteiger charge is -2.38. The van der Waals surface area contributed by atoms with E-state index >= 15 is 0 Å². The highest BCUT2D eigenvalue weighted by Gasteiger charge is 2.35. The fourth-order valence-electron chi connectivity index (χ4n) is 4.71. The number of methoxy groups -OCH3 is 1. The maximum absolute atomic E-state index is 13.7. The van der Waals surface area contributed by atoms with Gasteiger partial charge in [-0.1, -0.05) is 24.6 Å². The highest BCUT2D eigenvalue weighted by Crippen LogP contribution is 2.32. The summed E-state index contributed by atoms with van der Waals surface area (Å²) in [5.74, 6) is -0.102. The number of anilines is 1. The lowest BCUT2D eigenvalue weighted by atomic mass is 9.99. The Hall–Kier alpha value is -3.65. The van der Waals surface area contributed by atoms with Crippen molar-refractivity contribution < 1.29 is 36.2 Å². The Bertz CT molecular complexity index is 1660. The first-order valence-corrected chi connectivity index (χ1v) is 16.6. The highest BCUT2D eigenvalue weighted by atomic mass is 32.2. The van der Waals surface area contributed by atoms with Crippen LogP contribution in [-0.4, -0.2) is 83.1 Å². The van der Waals surface area contributed by atoms with Crippen LogP contribution >= 0.6 is 0 Å². The molecule has 0 radical (unpaired) electrons. The first kappa shape index (κ1) is 32.3. The van der Waals surface area contributed by atoms with Crippen LogP contribution in [0.25, 0.3) is 0 Å². The van der Waals surface area contributed by atoms with Crippen molar-refractivity contribution in [1.29, 1.82) is 0 Å². The molecule has 3 aromatic rings. The van der Waals surface area contributed by atoms with E-state index < -0.39 is 38.1 Å². The topological polar surface area (TPSA) is 143 Å². The van der Waals surface area contributed by atoms with Gasteiger partial charge in [0.2, 0.25) is 10.0 Å². The van der Waals surface area contributed by atoms with Crippen molar-refractivity contribution in [3.8, 4) is 11.5 Å². The van der Waals surface area contributed by atoms with Crippen molar-refractivity contribution in [3.05, 3.63) is 77.9 Å². The normalized spacial score (nSPS) is 18.3. The van der Waals surface area contributed by atoms with Crippen molar-refractivity contribution in [2.75, 3.05) is 38.6 Å². The van der Waals surface area contributed by atoms with E-state index in [4.69, 9.17) is 9.47 Å². The summed E-state index contributed by atoms with van der Waals surface area (Å²) in [6.45, 7) is 5.28. The summed E-state index contributed by atoms with van der Waals surface area (Å²) in [4.78, 5) is 15.4. The van der Waals surface area contributed by atoms with Crippen LogP contribution in [0.15, 0.2) is 76.5 Å². The number of carbonyl (C=O) groups excluding carboxylic acids is 1. The van der Waals surface area contributed by atoms with Crippen LogP contribution in [0.5, 0.6) is 11.5 Å². The number of nitrogens with one attached hydrogen (secondary N) is 1. The molecule has 0 saturated carbocycles. The van der Waals surface area contributed by atoms with E-state index in [9.17, 15) is 26.7 Å². The molecule has 1 aliphatic heterocycles. The zero-order chi connectivity index (χ0) is 31.5. The molecule has 4 rings (SSSR count).